The summed E-state index contributed by atoms with van der Waals surface area (Å²) in [5, 5.41) is 11.8. The number of rotatable bonds is 2. The molecule has 0 spiro atoms. The monoisotopic (exact) mass is 289 g/mol. The van der Waals surface area contributed by atoms with Gasteiger partial charge in [-0.15, -0.1) is 5.10 Å². The van der Waals surface area contributed by atoms with Crippen LogP contribution < -0.4 is 16.0 Å². The highest BCUT2D eigenvalue weighted by Crippen LogP contribution is 2.30. The van der Waals surface area contributed by atoms with E-state index in [0.717, 1.165) is 48.6 Å². The van der Waals surface area contributed by atoms with Gasteiger partial charge in [-0.25, -0.2) is 0 Å². The van der Waals surface area contributed by atoms with E-state index in [1.807, 2.05) is 6.92 Å². The Kier molecular flexibility index (Phi) is 3.80. The second-order valence-electron chi connectivity index (χ2n) is 6.12. The lowest BCUT2D eigenvalue weighted by Crippen LogP contribution is -2.54. The van der Waals surface area contributed by atoms with Crippen LogP contribution in [0, 0.1) is 19.8 Å². The van der Waals surface area contributed by atoms with Crippen molar-refractivity contribution in [3.63, 3.8) is 0 Å². The summed E-state index contributed by atoms with van der Waals surface area (Å²) >= 11 is 0. The molecule has 2 saturated heterocycles. The fraction of sp³-hybridized carbons (Fsp3) is 0.667. The van der Waals surface area contributed by atoms with E-state index < -0.39 is 0 Å². The van der Waals surface area contributed by atoms with E-state index in [2.05, 4.69) is 27.3 Å². The van der Waals surface area contributed by atoms with E-state index in [0.29, 0.717) is 24.9 Å². The number of aryl methyl sites for hydroxylation is 1. The SMILES string of the molecule is Cc1nnc(N2CCC3NC(=O)CCC3C2)c(CN)c1C. The Morgan fingerprint density at radius 2 is 2.14 bits per heavy atom. The minimum Gasteiger partial charge on any atom is -0.354 e. The number of hydrogen-bond donors (Lipinski definition) is 2. The van der Waals surface area contributed by atoms with Gasteiger partial charge in [0.2, 0.25) is 5.91 Å². The zero-order chi connectivity index (χ0) is 15.0. The number of hydrogen-bond acceptors (Lipinski definition) is 5. The van der Waals surface area contributed by atoms with Gasteiger partial charge in [-0.05, 0) is 38.2 Å². The molecule has 2 fully saturated rings. The van der Waals surface area contributed by atoms with Crippen LogP contribution >= 0.6 is 0 Å². The molecule has 1 aromatic rings. The summed E-state index contributed by atoms with van der Waals surface area (Å²) in [6.07, 6.45) is 2.57. The summed E-state index contributed by atoms with van der Waals surface area (Å²) in [7, 11) is 0. The molecule has 21 heavy (non-hydrogen) atoms. The third-order valence-electron chi connectivity index (χ3n) is 4.89. The molecule has 2 aliphatic heterocycles. The van der Waals surface area contributed by atoms with Crippen molar-refractivity contribution in [2.45, 2.75) is 45.7 Å². The number of nitrogens with zero attached hydrogens (tertiary/aromatic N) is 3. The standard InChI is InChI=1S/C15H23N5O/c1-9-10(2)18-19-15(12(9)7-16)20-6-5-13-11(8-20)3-4-14(21)17-13/h11,13H,3-8,16H2,1-2H3,(H,17,21). The number of nitrogens with one attached hydrogen (secondary N) is 1. The van der Waals surface area contributed by atoms with E-state index in [-0.39, 0.29) is 5.91 Å². The highest BCUT2D eigenvalue weighted by atomic mass is 16.1. The summed E-state index contributed by atoms with van der Waals surface area (Å²) in [5.74, 6) is 1.62. The summed E-state index contributed by atoms with van der Waals surface area (Å²) in [6.45, 7) is 6.33. The van der Waals surface area contributed by atoms with E-state index in [4.69, 9.17) is 5.73 Å². The molecule has 1 aromatic heterocycles. The van der Waals surface area contributed by atoms with Crippen LogP contribution in [0.2, 0.25) is 0 Å². The molecule has 2 atom stereocenters. The molecule has 0 saturated carbocycles. The quantitative estimate of drug-likeness (QED) is 0.835. The van der Waals surface area contributed by atoms with Crippen LogP contribution in [0.4, 0.5) is 5.82 Å². The van der Waals surface area contributed by atoms with Crippen molar-refractivity contribution in [2.75, 3.05) is 18.0 Å². The van der Waals surface area contributed by atoms with Crippen LogP contribution in [0.25, 0.3) is 0 Å². The molecular weight excluding hydrogens is 266 g/mol. The minimum absolute atomic E-state index is 0.193. The first-order chi connectivity index (χ1) is 10.1. The van der Waals surface area contributed by atoms with Crippen molar-refractivity contribution < 1.29 is 4.79 Å². The molecule has 0 bridgehead atoms. The Labute approximate surface area is 125 Å². The molecule has 2 aliphatic rings. The molecule has 0 aliphatic carbocycles. The van der Waals surface area contributed by atoms with Crippen LogP contribution in [-0.2, 0) is 11.3 Å². The van der Waals surface area contributed by atoms with Gasteiger partial charge in [0, 0.05) is 37.7 Å². The van der Waals surface area contributed by atoms with Gasteiger partial charge < -0.3 is 16.0 Å². The largest absolute Gasteiger partial charge is 0.354 e. The molecule has 3 N–H and O–H groups in total. The molecule has 1 amide bonds. The van der Waals surface area contributed by atoms with E-state index in [9.17, 15) is 4.79 Å². The molecule has 2 unspecified atom stereocenters. The normalized spacial score (nSPS) is 25.5. The number of anilines is 1. The molecule has 0 radical (unpaired) electrons. The molecule has 6 heteroatoms. The first-order valence-electron chi connectivity index (χ1n) is 7.67. The van der Waals surface area contributed by atoms with Crippen LogP contribution in [0.15, 0.2) is 0 Å². The topological polar surface area (TPSA) is 84.1 Å². The Hall–Kier alpha value is -1.69. The van der Waals surface area contributed by atoms with Crippen molar-refractivity contribution in [3.05, 3.63) is 16.8 Å². The van der Waals surface area contributed by atoms with Crippen LogP contribution in [0.1, 0.15) is 36.1 Å². The van der Waals surface area contributed by atoms with Crippen LogP contribution in [0.3, 0.4) is 0 Å². The molecule has 3 rings (SSSR count). The number of carbonyl (C=O) groups excluding carboxylic acids is 1. The molecular formula is C15H23N5O. The Morgan fingerprint density at radius 1 is 1.33 bits per heavy atom. The summed E-state index contributed by atoms with van der Waals surface area (Å²) in [6, 6.07) is 0.323. The third kappa shape index (κ3) is 2.60. The van der Waals surface area contributed by atoms with E-state index in [1.165, 1.54) is 0 Å². The van der Waals surface area contributed by atoms with Crippen molar-refractivity contribution in [3.8, 4) is 0 Å². The predicted molar refractivity (Wildman–Crippen MR) is 80.9 cm³/mol. The van der Waals surface area contributed by atoms with Gasteiger partial charge in [0.1, 0.15) is 0 Å². The molecule has 3 heterocycles. The van der Waals surface area contributed by atoms with Gasteiger partial charge in [-0.2, -0.15) is 5.10 Å². The van der Waals surface area contributed by atoms with Crippen molar-refractivity contribution in [1.82, 2.24) is 15.5 Å². The number of aromatic nitrogens is 2. The van der Waals surface area contributed by atoms with Gasteiger partial charge in [0.05, 0.1) is 5.69 Å². The highest BCUT2D eigenvalue weighted by Gasteiger charge is 2.34. The van der Waals surface area contributed by atoms with E-state index >= 15 is 0 Å². The summed E-state index contributed by atoms with van der Waals surface area (Å²) < 4.78 is 0. The molecule has 114 valence electrons. The molecule has 0 aromatic carbocycles. The average Bonchev–Trinajstić information content (AvgIpc) is 2.49. The number of fused-ring (bicyclic) bond motifs is 1. The summed E-state index contributed by atoms with van der Waals surface area (Å²) in [4.78, 5) is 13.8. The zero-order valence-corrected chi connectivity index (χ0v) is 12.7. The number of piperidine rings is 2. The second-order valence-corrected chi connectivity index (χ2v) is 6.12. The van der Waals surface area contributed by atoms with Gasteiger partial charge in [-0.3, -0.25) is 4.79 Å². The van der Waals surface area contributed by atoms with Crippen molar-refractivity contribution in [2.24, 2.45) is 11.7 Å². The summed E-state index contributed by atoms with van der Waals surface area (Å²) in [5.41, 5.74) is 9.11. The Morgan fingerprint density at radius 3 is 2.90 bits per heavy atom. The first-order valence-corrected chi connectivity index (χ1v) is 7.67. The Bertz CT molecular complexity index is 559. The lowest BCUT2D eigenvalue weighted by molar-refractivity contribution is -0.124. The number of amides is 1. The van der Waals surface area contributed by atoms with Crippen LogP contribution in [-0.4, -0.2) is 35.2 Å². The number of nitrogens with two attached hydrogens (primary N) is 1. The smallest absolute Gasteiger partial charge is 0.220 e. The first kappa shape index (κ1) is 14.3. The lowest BCUT2D eigenvalue weighted by Gasteiger charge is -2.42. The maximum Gasteiger partial charge on any atom is 0.220 e. The Balaban J connectivity index is 1.83. The van der Waals surface area contributed by atoms with E-state index in [1.54, 1.807) is 0 Å². The predicted octanol–water partition coefficient (Wildman–Crippen LogP) is 0.657. The van der Waals surface area contributed by atoms with Gasteiger partial charge in [0.25, 0.3) is 0 Å². The maximum absolute atomic E-state index is 11.5. The maximum atomic E-state index is 11.5. The zero-order valence-electron chi connectivity index (χ0n) is 12.7. The average molecular weight is 289 g/mol. The van der Waals surface area contributed by atoms with Gasteiger partial charge in [0.15, 0.2) is 5.82 Å². The second kappa shape index (κ2) is 5.60. The van der Waals surface area contributed by atoms with Crippen molar-refractivity contribution >= 4 is 11.7 Å². The highest BCUT2D eigenvalue weighted by molar-refractivity contribution is 5.77. The van der Waals surface area contributed by atoms with Gasteiger partial charge >= 0.3 is 0 Å². The fourth-order valence-electron chi connectivity index (χ4n) is 3.44. The lowest BCUT2D eigenvalue weighted by atomic mass is 9.85. The third-order valence-corrected chi connectivity index (χ3v) is 4.89. The minimum atomic E-state index is 0.193. The van der Waals surface area contributed by atoms with Gasteiger partial charge in [-0.1, -0.05) is 0 Å². The number of carbonyl (C=O) groups is 1. The van der Waals surface area contributed by atoms with Crippen molar-refractivity contribution in [1.29, 1.82) is 0 Å². The fourth-order valence-corrected chi connectivity index (χ4v) is 3.44. The molecule has 6 nitrogen and oxygen atoms in total. The van der Waals surface area contributed by atoms with Crippen LogP contribution in [0.5, 0.6) is 0 Å².